The van der Waals surface area contributed by atoms with Gasteiger partial charge >= 0.3 is 5.97 Å². The molecule has 236 valence electrons. The third-order valence-electron chi connectivity index (χ3n) is 8.83. The highest BCUT2D eigenvalue weighted by Gasteiger charge is 2.63. The van der Waals surface area contributed by atoms with E-state index in [1.165, 1.54) is 35.2 Å². The summed E-state index contributed by atoms with van der Waals surface area (Å²) in [7, 11) is 6.42. The van der Waals surface area contributed by atoms with Gasteiger partial charge in [-0.25, -0.2) is 4.79 Å². The van der Waals surface area contributed by atoms with Gasteiger partial charge < -0.3 is 41.5 Å². The number of phenolic OH excluding ortho intramolecular Hbond substituents is 1. The van der Waals surface area contributed by atoms with Gasteiger partial charge in [-0.3, -0.25) is 24.1 Å². The summed E-state index contributed by atoms with van der Waals surface area (Å²) in [6.45, 7) is 0. The van der Waals surface area contributed by atoms with Crippen LogP contribution in [0.2, 0.25) is 0 Å². The number of benzene rings is 2. The number of carbonyl (C=O) groups is 5. The number of Topliss-reactive ketones (excluding diaryl/α,β-unsaturated/α-hetero) is 2. The molecule has 0 aliphatic heterocycles. The number of allylic oxidation sites excluding steroid dienone is 1. The van der Waals surface area contributed by atoms with Gasteiger partial charge in [0.25, 0.3) is 11.8 Å². The molecule has 0 radical (unpaired) electrons. The van der Waals surface area contributed by atoms with E-state index in [1.54, 1.807) is 33.1 Å². The molecular weight excluding hydrogens is 588 g/mol. The van der Waals surface area contributed by atoms with Crippen molar-refractivity contribution in [1.29, 1.82) is 0 Å². The number of primary amides is 1. The molecule has 4 atom stereocenters. The quantitative estimate of drug-likeness (QED) is 0.178. The number of hydrogen-bond acceptors (Lipinski definition) is 11. The number of nitrogens with two attached hydrogens (primary N) is 1. The van der Waals surface area contributed by atoms with E-state index < -0.39 is 75.7 Å². The van der Waals surface area contributed by atoms with E-state index >= 15 is 0 Å². The van der Waals surface area contributed by atoms with E-state index in [2.05, 4.69) is 5.32 Å². The summed E-state index contributed by atoms with van der Waals surface area (Å²) in [6, 6.07) is 5.74. The molecule has 0 saturated heterocycles. The molecule has 0 heterocycles. The van der Waals surface area contributed by atoms with Crippen molar-refractivity contribution in [2.24, 2.45) is 17.6 Å². The predicted molar refractivity (Wildman–Crippen MR) is 159 cm³/mol. The lowest BCUT2D eigenvalue weighted by Crippen LogP contribution is -2.63. The number of nitrogens with one attached hydrogen (secondary N) is 1. The molecule has 0 fully saturated rings. The molecule has 2 unspecified atom stereocenters. The summed E-state index contributed by atoms with van der Waals surface area (Å²) >= 11 is 0. The van der Waals surface area contributed by atoms with Crippen LogP contribution in [-0.2, 0) is 16.0 Å². The van der Waals surface area contributed by atoms with Crippen LogP contribution in [0.15, 0.2) is 53.0 Å². The van der Waals surface area contributed by atoms with Crippen molar-refractivity contribution in [1.82, 2.24) is 4.90 Å². The molecule has 2 amide bonds. The standard InChI is InChI=1S/C31H32N4O10/c1-34(2)18-11-17(33-29(42)13-7-5-6-8-14(13)30(43)44)23(36)20-15(18)9-12-10-16-22(35(3)4)25(38)21(28(32)41)27(40)31(16,45)26(39)19(12)24(20)37/h5-8,11-12,16,22,36,38-39,45H,9-10H2,1-4H3,(H2,32,41)(H,33,42)(H,43,44)/t12?,16?,22-,31-/m1/s1. The molecule has 2 aromatic rings. The number of fused-ring (bicyclic) bond motifs is 3. The molecule has 5 rings (SSSR count). The Morgan fingerprint density at radius 2 is 1.64 bits per heavy atom. The fraction of sp³-hybridized carbons (Fsp3) is 0.323. The number of rotatable bonds is 6. The number of aliphatic hydroxyl groups excluding tert-OH is 2. The van der Waals surface area contributed by atoms with Crippen LogP contribution in [0.5, 0.6) is 5.75 Å². The number of anilines is 2. The number of carboxylic acid groups (broad SMARTS) is 1. The zero-order valence-corrected chi connectivity index (χ0v) is 24.8. The van der Waals surface area contributed by atoms with Gasteiger partial charge in [-0.15, -0.1) is 0 Å². The molecule has 0 bridgehead atoms. The smallest absolute Gasteiger partial charge is 0.336 e. The van der Waals surface area contributed by atoms with Crippen molar-refractivity contribution in [3.05, 3.63) is 75.3 Å². The Morgan fingerprint density at radius 3 is 2.20 bits per heavy atom. The Kier molecular flexibility index (Phi) is 7.46. The maximum atomic E-state index is 14.2. The van der Waals surface area contributed by atoms with Gasteiger partial charge in [-0.2, -0.15) is 0 Å². The van der Waals surface area contributed by atoms with Crippen molar-refractivity contribution in [3.8, 4) is 5.75 Å². The maximum absolute atomic E-state index is 14.2. The van der Waals surface area contributed by atoms with Crippen LogP contribution in [0.1, 0.15) is 43.1 Å². The van der Waals surface area contributed by atoms with Gasteiger partial charge in [0.15, 0.2) is 17.1 Å². The van der Waals surface area contributed by atoms with Crippen LogP contribution >= 0.6 is 0 Å². The van der Waals surface area contributed by atoms with E-state index in [-0.39, 0.29) is 40.8 Å². The largest absolute Gasteiger partial charge is 0.510 e. The second-order valence-corrected chi connectivity index (χ2v) is 11.8. The molecule has 0 aromatic heterocycles. The number of likely N-dealkylation sites (N-methyl/N-ethyl adjacent to an activating group) is 1. The first-order valence-electron chi connectivity index (χ1n) is 13.9. The summed E-state index contributed by atoms with van der Waals surface area (Å²) in [4.78, 5) is 67.8. The highest BCUT2D eigenvalue weighted by molar-refractivity contribution is 6.25. The number of ketones is 2. The molecule has 3 aliphatic carbocycles. The maximum Gasteiger partial charge on any atom is 0.336 e. The molecular formula is C31H32N4O10. The summed E-state index contributed by atoms with van der Waals surface area (Å²) in [5.41, 5.74) is 1.07. The number of amides is 2. The highest BCUT2D eigenvalue weighted by Crippen LogP contribution is 2.54. The topological polar surface area (TPSA) is 231 Å². The monoisotopic (exact) mass is 620 g/mol. The number of nitrogens with zero attached hydrogens (tertiary/aromatic N) is 2. The predicted octanol–water partition coefficient (Wildman–Crippen LogP) is 1.14. The molecule has 8 N–H and O–H groups in total. The van der Waals surface area contributed by atoms with E-state index in [1.807, 2.05) is 0 Å². The van der Waals surface area contributed by atoms with Gasteiger partial charge in [0.1, 0.15) is 17.1 Å². The molecule has 0 spiro atoms. The third kappa shape index (κ3) is 4.52. The fourth-order valence-electron chi connectivity index (χ4n) is 6.85. The minimum absolute atomic E-state index is 0.0473. The van der Waals surface area contributed by atoms with Crippen LogP contribution in [0.3, 0.4) is 0 Å². The number of aromatic carboxylic acids is 1. The summed E-state index contributed by atoms with van der Waals surface area (Å²) in [6.07, 6.45) is -0.0322. The fourth-order valence-corrected chi connectivity index (χ4v) is 6.85. The van der Waals surface area contributed by atoms with Crippen molar-refractivity contribution in [2.75, 3.05) is 38.4 Å². The van der Waals surface area contributed by atoms with Crippen molar-refractivity contribution >= 4 is 40.7 Å². The number of carboxylic acids is 1. The average Bonchev–Trinajstić information content (AvgIpc) is 2.95. The van der Waals surface area contributed by atoms with Crippen molar-refractivity contribution in [3.63, 3.8) is 0 Å². The first-order valence-corrected chi connectivity index (χ1v) is 13.9. The molecule has 14 nitrogen and oxygen atoms in total. The molecule has 0 saturated carbocycles. The third-order valence-corrected chi connectivity index (χ3v) is 8.83. The lowest BCUT2D eigenvalue weighted by atomic mass is 9.58. The SMILES string of the molecule is CN(C)c1cc(NC(=O)c2ccccc2C(=O)O)c(O)c2c1CC1CC3[C@@H](N(C)C)C(O)=C(C(N)=O)C(=O)[C@]3(O)C(O)=C1C2=O. The average molecular weight is 621 g/mol. The van der Waals surface area contributed by atoms with Gasteiger partial charge in [0.2, 0.25) is 5.78 Å². The number of hydrogen-bond donors (Lipinski definition) is 7. The number of aromatic hydroxyl groups is 1. The second kappa shape index (κ2) is 10.7. The Bertz CT molecular complexity index is 1780. The Hall–Kier alpha value is -5.21. The molecule has 14 heteroatoms. The Balaban J connectivity index is 1.67. The van der Waals surface area contributed by atoms with Crippen molar-refractivity contribution in [2.45, 2.75) is 24.5 Å². The lowest BCUT2D eigenvalue weighted by molar-refractivity contribution is -0.148. The number of phenols is 1. The normalized spacial score (nSPS) is 24.2. The van der Waals surface area contributed by atoms with E-state index in [0.29, 0.717) is 11.3 Å². The van der Waals surface area contributed by atoms with Crippen LogP contribution in [0.4, 0.5) is 11.4 Å². The molecule has 2 aromatic carbocycles. The highest BCUT2D eigenvalue weighted by atomic mass is 16.4. The van der Waals surface area contributed by atoms with Crippen LogP contribution in [-0.4, -0.2) is 99.6 Å². The Labute approximate surface area is 256 Å². The van der Waals surface area contributed by atoms with Gasteiger partial charge in [-0.1, -0.05) is 12.1 Å². The van der Waals surface area contributed by atoms with E-state index in [4.69, 9.17) is 5.73 Å². The van der Waals surface area contributed by atoms with Gasteiger partial charge in [0, 0.05) is 31.3 Å². The van der Waals surface area contributed by atoms with Crippen molar-refractivity contribution < 1.29 is 49.5 Å². The molecule has 45 heavy (non-hydrogen) atoms. The minimum atomic E-state index is -2.79. The summed E-state index contributed by atoms with van der Waals surface area (Å²) in [5.74, 6) is -10.1. The van der Waals surface area contributed by atoms with Gasteiger partial charge in [-0.05, 0) is 56.6 Å². The van der Waals surface area contributed by atoms with E-state index in [0.717, 1.165) is 0 Å². The number of aliphatic hydroxyl groups is 3. The van der Waals surface area contributed by atoms with Crippen LogP contribution in [0.25, 0.3) is 0 Å². The summed E-state index contributed by atoms with van der Waals surface area (Å²) < 4.78 is 0. The van der Waals surface area contributed by atoms with Crippen LogP contribution < -0.4 is 16.0 Å². The summed E-state index contributed by atoms with van der Waals surface area (Å²) in [5, 5.41) is 57.6. The zero-order valence-electron chi connectivity index (χ0n) is 24.8. The van der Waals surface area contributed by atoms with E-state index in [9.17, 15) is 49.5 Å². The Morgan fingerprint density at radius 1 is 1.02 bits per heavy atom. The first kappa shape index (κ1) is 31.2. The van der Waals surface area contributed by atoms with Gasteiger partial charge in [0.05, 0.1) is 28.4 Å². The lowest BCUT2D eigenvalue weighted by Gasteiger charge is -2.50. The zero-order chi connectivity index (χ0) is 33.3. The minimum Gasteiger partial charge on any atom is -0.510 e. The second-order valence-electron chi connectivity index (χ2n) is 11.8. The van der Waals surface area contributed by atoms with Crippen LogP contribution in [0, 0.1) is 11.8 Å². The number of carbonyl (C=O) groups excluding carboxylic acids is 4. The molecule has 3 aliphatic rings. The first-order chi connectivity index (χ1) is 21.0.